The molecule has 1 aromatic heterocycles. The molecule has 0 aliphatic heterocycles. The summed E-state index contributed by atoms with van der Waals surface area (Å²) in [5, 5.41) is 0. The van der Waals surface area contributed by atoms with Crippen molar-refractivity contribution >= 4 is 21.6 Å². The summed E-state index contributed by atoms with van der Waals surface area (Å²) in [6, 6.07) is 1.87. The Morgan fingerprint density at radius 2 is 2.00 bits per heavy atom. The van der Waals surface area contributed by atoms with Crippen molar-refractivity contribution < 1.29 is 8.42 Å². The highest BCUT2D eigenvalue weighted by Crippen LogP contribution is 2.29. The van der Waals surface area contributed by atoms with E-state index in [0.717, 1.165) is 37.9 Å². The van der Waals surface area contributed by atoms with Crippen LogP contribution in [-0.4, -0.2) is 29.9 Å². The minimum atomic E-state index is -3.40. The zero-order valence-corrected chi connectivity index (χ0v) is 13.8. The van der Waals surface area contributed by atoms with Crippen molar-refractivity contribution in [1.29, 1.82) is 0 Å². The second-order valence-corrected chi connectivity index (χ2v) is 7.39. The van der Waals surface area contributed by atoms with Crippen LogP contribution >= 0.6 is 11.6 Å². The number of alkyl halides is 1. The van der Waals surface area contributed by atoms with Gasteiger partial charge in [-0.3, -0.25) is 0 Å². The first kappa shape index (κ1) is 15.9. The van der Waals surface area contributed by atoms with Gasteiger partial charge in [0.15, 0.2) is 0 Å². The van der Waals surface area contributed by atoms with Gasteiger partial charge in [-0.25, -0.2) is 8.42 Å². The Bertz CT molecular complexity index is 526. The van der Waals surface area contributed by atoms with E-state index >= 15 is 0 Å². The van der Waals surface area contributed by atoms with Crippen LogP contribution in [0.5, 0.6) is 0 Å². The Morgan fingerprint density at radius 1 is 1.35 bits per heavy atom. The van der Waals surface area contributed by atoms with E-state index in [2.05, 4.69) is 0 Å². The zero-order valence-electron chi connectivity index (χ0n) is 12.2. The van der Waals surface area contributed by atoms with Gasteiger partial charge in [0.25, 0.3) is 0 Å². The van der Waals surface area contributed by atoms with Gasteiger partial charge in [-0.05, 0) is 25.8 Å². The molecule has 0 bridgehead atoms. The average molecular weight is 319 g/mol. The number of halogens is 1. The summed E-state index contributed by atoms with van der Waals surface area (Å²) < 4.78 is 29.2. The number of nitrogens with zero attached hydrogens (tertiary/aromatic N) is 2. The molecule has 114 valence electrons. The summed E-state index contributed by atoms with van der Waals surface area (Å²) in [5.74, 6) is 0.332. The molecule has 1 aliphatic carbocycles. The molecule has 1 aromatic rings. The van der Waals surface area contributed by atoms with E-state index in [9.17, 15) is 8.42 Å². The van der Waals surface area contributed by atoms with Gasteiger partial charge in [0.2, 0.25) is 10.0 Å². The predicted octanol–water partition coefficient (Wildman–Crippen LogP) is 3.20. The highest BCUT2D eigenvalue weighted by molar-refractivity contribution is 7.89. The van der Waals surface area contributed by atoms with Crippen LogP contribution in [0.4, 0.5) is 0 Å². The molecule has 1 heterocycles. The number of sulfonamides is 1. The lowest BCUT2D eigenvalue weighted by Crippen LogP contribution is -2.38. The normalized spacial score (nSPS) is 17.2. The van der Waals surface area contributed by atoms with Gasteiger partial charge in [-0.2, -0.15) is 4.31 Å². The summed E-state index contributed by atoms with van der Waals surface area (Å²) in [6.07, 6.45) is 5.91. The van der Waals surface area contributed by atoms with Crippen LogP contribution in [0, 0.1) is 0 Å². The summed E-state index contributed by atoms with van der Waals surface area (Å²) in [5.41, 5.74) is 0.857. The maximum Gasteiger partial charge on any atom is 0.244 e. The van der Waals surface area contributed by atoms with Gasteiger partial charge in [0.1, 0.15) is 4.90 Å². The van der Waals surface area contributed by atoms with Crippen molar-refractivity contribution in [2.75, 3.05) is 6.54 Å². The van der Waals surface area contributed by atoms with Crippen molar-refractivity contribution in [1.82, 2.24) is 8.87 Å². The minimum Gasteiger partial charge on any atom is -0.349 e. The number of aromatic nitrogens is 1. The second kappa shape index (κ2) is 6.50. The third-order valence-electron chi connectivity index (χ3n) is 4.09. The molecule has 0 radical (unpaired) electrons. The molecule has 0 spiro atoms. The summed E-state index contributed by atoms with van der Waals surface area (Å²) >= 11 is 5.89. The molecule has 2 rings (SSSR count). The van der Waals surface area contributed by atoms with Crippen molar-refractivity contribution in [2.45, 2.75) is 62.9 Å². The van der Waals surface area contributed by atoms with E-state index in [1.807, 2.05) is 18.4 Å². The molecule has 0 N–H and O–H groups in total. The number of hydrogen-bond donors (Lipinski definition) is 0. The molecule has 0 unspecified atom stereocenters. The summed E-state index contributed by atoms with van der Waals surface area (Å²) in [7, 11) is -3.40. The molecule has 20 heavy (non-hydrogen) atoms. The van der Waals surface area contributed by atoms with Crippen LogP contribution in [0.2, 0.25) is 0 Å². The lowest BCUT2D eigenvalue weighted by atomic mass is 10.2. The van der Waals surface area contributed by atoms with Crippen LogP contribution in [0.3, 0.4) is 0 Å². The molecule has 1 saturated carbocycles. The summed E-state index contributed by atoms with van der Waals surface area (Å²) in [4.78, 5) is 0.378. The SMILES string of the molecule is CCN(C1CCCC1)S(=O)(=O)c1cc(CCl)n(CC)c1. The fourth-order valence-electron chi connectivity index (χ4n) is 3.02. The Kier molecular flexibility index (Phi) is 5.15. The van der Waals surface area contributed by atoms with E-state index in [0.29, 0.717) is 17.3 Å². The van der Waals surface area contributed by atoms with Crippen molar-refractivity contribution in [2.24, 2.45) is 0 Å². The fraction of sp³-hybridized carbons (Fsp3) is 0.714. The van der Waals surface area contributed by atoms with E-state index in [1.165, 1.54) is 0 Å². The monoisotopic (exact) mass is 318 g/mol. The van der Waals surface area contributed by atoms with Crippen molar-refractivity contribution in [3.63, 3.8) is 0 Å². The Balaban J connectivity index is 2.34. The van der Waals surface area contributed by atoms with Gasteiger partial charge in [0.05, 0.1) is 5.88 Å². The lowest BCUT2D eigenvalue weighted by Gasteiger charge is -2.26. The molecule has 0 amide bonds. The maximum atomic E-state index is 12.8. The number of aryl methyl sites for hydroxylation is 1. The first-order valence-electron chi connectivity index (χ1n) is 7.31. The third-order valence-corrected chi connectivity index (χ3v) is 6.36. The summed E-state index contributed by atoms with van der Waals surface area (Å²) in [6.45, 7) is 5.16. The Hall–Kier alpha value is -0.520. The largest absolute Gasteiger partial charge is 0.349 e. The number of rotatable bonds is 6. The van der Waals surface area contributed by atoms with Gasteiger partial charge < -0.3 is 4.57 Å². The molecule has 0 saturated heterocycles. The molecular formula is C14H23ClN2O2S. The molecule has 4 nitrogen and oxygen atoms in total. The van der Waals surface area contributed by atoms with Crippen molar-refractivity contribution in [3.05, 3.63) is 18.0 Å². The quantitative estimate of drug-likeness (QED) is 0.756. The highest BCUT2D eigenvalue weighted by Gasteiger charge is 2.32. The molecular weight excluding hydrogens is 296 g/mol. The van der Waals surface area contributed by atoms with Gasteiger partial charge in [-0.15, -0.1) is 11.6 Å². The maximum absolute atomic E-state index is 12.8. The zero-order chi connectivity index (χ0) is 14.8. The van der Waals surface area contributed by atoms with Crippen LogP contribution in [0.25, 0.3) is 0 Å². The van der Waals surface area contributed by atoms with Crippen molar-refractivity contribution in [3.8, 4) is 0 Å². The average Bonchev–Trinajstić information content (AvgIpc) is 3.07. The topological polar surface area (TPSA) is 42.3 Å². The first-order valence-corrected chi connectivity index (χ1v) is 9.28. The molecule has 1 aliphatic rings. The minimum absolute atomic E-state index is 0.162. The van der Waals surface area contributed by atoms with Crippen LogP contribution < -0.4 is 0 Å². The van der Waals surface area contributed by atoms with E-state index in [4.69, 9.17) is 11.6 Å². The molecule has 6 heteroatoms. The standard InChI is InChI=1S/C14H23ClN2O2S/c1-3-16-11-14(9-13(16)10-15)20(18,19)17(4-2)12-7-5-6-8-12/h9,11-12H,3-8,10H2,1-2H3. The fourth-order valence-corrected chi connectivity index (χ4v) is 5.01. The molecule has 0 aromatic carbocycles. The van der Waals surface area contributed by atoms with Crippen LogP contribution in [0.15, 0.2) is 17.2 Å². The Labute approximate surface area is 126 Å². The Morgan fingerprint density at radius 3 is 2.45 bits per heavy atom. The van der Waals surface area contributed by atoms with Gasteiger partial charge >= 0.3 is 0 Å². The van der Waals surface area contributed by atoms with E-state index in [-0.39, 0.29) is 6.04 Å². The van der Waals surface area contributed by atoms with Gasteiger partial charge in [-0.1, -0.05) is 19.8 Å². The highest BCUT2D eigenvalue weighted by atomic mass is 35.5. The van der Waals surface area contributed by atoms with Crippen LogP contribution in [-0.2, 0) is 22.4 Å². The smallest absolute Gasteiger partial charge is 0.244 e. The van der Waals surface area contributed by atoms with E-state index in [1.54, 1.807) is 16.6 Å². The number of hydrogen-bond acceptors (Lipinski definition) is 2. The second-order valence-electron chi connectivity index (χ2n) is 5.23. The molecule has 1 fully saturated rings. The van der Waals surface area contributed by atoms with Gasteiger partial charge in [0, 0.05) is 31.0 Å². The van der Waals surface area contributed by atoms with E-state index < -0.39 is 10.0 Å². The first-order chi connectivity index (χ1) is 9.54. The van der Waals surface area contributed by atoms with Crippen LogP contribution in [0.1, 0.15) is 45.2 Å². The lowest BCUT2D eigenvalue weighted by molar-refractivity contribution is 0.335. The third kappa shape index (κ3) is 2.90. The predicted molar refractivity (Wildman–Crippen MR) is 81.5 cm³/mol. The molecule has 0 atom stereocenters.